The van der Waals surface area contributed by atoms with Crippen molar-refractivity contribution >= 4 is 23.3 Å². The summed E-state index contributed by atoms with van der Waals surface area (Å²) in [6.45, 7) is 12.6. The summed E-state index contributed by atoms with van der Waals surface area (Å²) in [5.74, 6) is -0.177. The number of hydrogen-bond donors (Lipinski definition) is 1. The summed E-state index contributed by atoms with van der Waals surface area (Å²) in [6, 6.07) is 3.83. The summed E-state index contributed by atoms with van der Waals surface area (Å²) >= 11 is 6.09. The molecule has 1 N–H and O–H groups in total. The van der Waals surface area contributed by atoms with Crippen LogP contribution in [0.15, 0.2) is 12.1 Å². The minimum Gasteiger partial charge on any atom is -0.460 e. The van der Waals surface area contributed by atoms with Crippen molar-refractivity contribution in [1.29, 1.82) is 0 Å². The molecule has 1 aromatic heterocycles. The van der Waals surface area contributed by atoms with Crippen LogP contribution in [0.2, 0.25) is 5.15 Å². The first kappa shape index (κ1) is 29.6. The highest BCUT2D eigenvalue weighted by Gasteiger charge is 2.33. The van der Waals surface area contributed by atoms with Crippen molar-refractivity contribution in [2.24, 2.45) is 0 Å². The number of piperidine rings is 1. The number of ether oxygens (including phenoxy) is 2. The van der Waals surface area contributed by atoms with Gasteiger partial charge in [0.1, 0.15) is 10.8 Å². The number of carbonyl (C=O) groups excluding carboxylic acids is 1. The van der Waals surface area contributed by atoms with Crippen LogP contribution in [0.5, 0.6) is 0 Å². The van der Waals surface area contributed by atoms with Gasteiger partial charge in [0, 0.05) is 32.7 Å². The summed E-state index contributed by atoms with van der Waals surface area (Å²) < 4.78 is 11.0. The zero-order chi connectivity index (χ0) is 25.1. The van der Waals surface area contributed by atoms with Crippen LogP contribution < -0.4 is 4.90 Å². The van der Waals surface area contributed by atoms with E-state index in [2.05, 4.69) is 14.8 Å². The van der Waals surface area contributed by atoms with Crippen LogP contribution in [0.1, 0.15) is 72.4 Å². The maximum absolute atomic E-state index is 11.7. The molecule has 190 valence electrons. The smallest absolute Gasteiger partial charge is 0.306 e. The van der Waals surface area contributed by atoms with Crippen LogP contribution in [-0.2, 0) is 20.8 Å². The maximum Gasteiger partial charge on any atom is 0.306 e. The van der Waals surface area contributed by atoms with Crippen molar-refractivity contribution in [1.82, 2.24) is 9.88 Å². The highest BCUT2D eigenvalue weighted by molar-refractivity contribution is 6.29. The van der Waals surface area contributed by atoms with E-state index < -0.39 is 11.2 Å². The van der Waals surface area contributed by atoms with Crippen LogP contribution in [0, 0.1) is 0 Å². The predicted octanol–water partition coefficient (Wildman–Crippen LogP) is 4.68. The van der Waals surface area contributed by atoms with E-state index in [-0.39, 0.29) is 5.97 Å². The monoisotopic (exact) mass is 485 g/mol. The van der Waals surface area contributed by atoms with Gasteiger partial charge in [-0.1, -0.05) is 25.4 Å². The standard InChI is InChI=1S/C23H38ClN3O4.C2H6/c1-22(2,3)31-21(28)8-6-7-15-30-17-23(29)11-13-27(14-12-23)19-9-10-20(24)25-18(19)16-26(4)5;1-2/h9-10,29H,6-8,11-17H2,1-5H3;1-2H3. The van der Waals surface area contributed by atoms with Crippen LogP contribution in [0.4, 0.5) is 5.69 Å². The minimum absolute atomic E-state index is 0.177. The molecule has 1 fully saturated rings. The maximum atomic E-state index is 11.7. The first-order valence-corrected chi connectivity index (χ1v) is 12.4. The quantitative estimate of drug-likeness (QED) is 0.293. The molecule has 1 aliphatic heterocycles. The molecular weight excluding hydrogens is 442 g/mol. The molecule has 0 atom stereocenters. The molecule has 2 rings (SSSR count). The fourth-order valence-electron chi connectivity index (χ4n) is 3.61. The summed E-state index contributed by atoms with van der Waals surface area (Å²) in [5, 5.41) is 11.4. The normalized spacial score (nSPS) is 15.8. The molecule has 0 spiro atoms. The van der Waals surface area contributed by atoms with Gasteiger partial charge in [0.25, 0.3) is 0 Å². The van der Waals surface area contributed by atoms with Crippen molar-refractivity contribution in [2.75, 3.05) is 45.3 Å². The van der Waals surface area contributed by atoms with E-state index in [1.165, 1.54) is 0 Å². The van der Waals surface area contributed by atoms with Gasteiger partial charge < -0.3 is 24.4 Å². The molecule has 33 heavy (non-hydrogen) atoms. The molecular formula is C25H44ClN3O4. The van der Waals surface area contributed by atoms with Gasteiger partial charge in [-0.05, 0) is 72.7 Å². The Bertz CT molecular complexity index is 714. The van der Waals surface area contributed by atoms with Crippen molar-refractivity contribution in [3.8, 4) is 0 Å². The van der Waals surface area contributed by atoms with Crippen LogP contribution in [0.25, 0.3) is 0 Å². The first-order valence-electron chi connectivity index (χ1n) is 12.0. The number of aromatic nitrogens is 1. The Balaban J connectivity index is 0.00000265. The Labute approximate surface area is 205 Å². The van der Waals surface area contributed by atoms with Crippen LogP contribution in [0.3, 0.4) is 0 Å². The molecule has 0 aliphatic carbocycles. The highest BCUT2D eigenvalue weighted by Crippen LogP contribution is 2.29. The third-order valence-electron chi connectivity index (χ3n) is 5.13. The van der Waals surface area contributed by atoms with Crippen molar-refractivity contribution in [2.45, 2.75) is 84.5 Å². The number of aliphatic hydroxyl groups is 1. The number of unbranched alkanes of at least 4 members (excludes halogenated alkanes) is 1. The first-order chi connectivity index (χ1) is 15.5. The van der Waals surface area contributed by atoms with E-state index in [0.717, 1.165) is 37.3 Å². The van der Waals surface area contributed by atoms with Gasteiger partial charge >= 0.3 is 5.97 Å². The minimum atomic E-state index is -0.816. The largest absolute Gasteiger partial charge is 0.460 e. The molecule has 0 bridgehead atoms. The molecule has 0 unspecified atom stereocenters. The summed E-state index contributed by atoms with van der Waals surface area (Å²) in [4.78, 5) is 20.5. The third kappa shape index (κ3) is 11.5. The molecule has 0 saturated carbocycles. The number of hydrogen-bond acceptors (Lipinski definition) is 7. The molecule has 1 saturated heterocycles. The summed E-state index contributed by atoms with van der Waals surface area (Å²) in [7, 11) is 4.01. The third-order valence-corrected chi connectivity index (χ3v) is 5.34. The van der Waals surface area contributed by atoms with Gasteiger partial charge in [0.15, 0.2) is 0 Å². The van der Waals surface area contributed by atoms with Crippen LogP contribution >= 0.6 is 11.6 Å². The fraction of sp³-hybridized carbons (Fsp3) is 0.760. The Morgan fingerprint density at radius 2 is 1.85 bits per heavy atom. The van der Waals surface area contributed by atoms with Crippen LogP contribution in [-0.4, -0.2) is 72.6 Å². The number of esters is 1. The topological polar surface area (TPSA) is 75.1 Å². The Kier molecular flexibility index (Phi) is 12.7. The van der Waals surface area contributed by atoms with Crippen molar-refractivity contribution < 1.29 is 19.4 Å². The summed E-state index contributed by atoms with van der Waals surface area (Å²) in [6.07, 6.45) is 3.15. The molecule has 1 aliphatic rings. The number of halogens is 1. The van der Waals surface area contributed by atoms with Crippen molar-refractivity contribution in [3.63, 3.8) is 0 Å². The Hall–Kier alpha value is -1.41. The van der Waals surface area contributed by atoms with Gasteiger partial charge in [-0.15, -0.1) is 0 Å². The zero-order valence-electron chi connectivity index (χ0n) is 21.6. The predicted molar refractivity (Wildman–Crippen MR) is 135 cm³/mol. The molecule has 0 radical (unpaired) electrons. The Morgan fingerprint density at radius 1 is 1.21 bits per heavy atom. The molecule has 0 aromatic carbocycles. The summed E-state index contributed by atoms with van der Waals surface area (Å²) in [5.41, 5.74) is 0.761. The van der Waals surface area contributed by atoms with Gasteiger partial charge in [0.05, 0.1) is 23.6 Å². The van der Waals surface area contributed by atoms with E-state index >= 15 is 0 Å². The van der Waals surface area contributed by atoms with Crippen molar-refractivity contribution in [3.05, 3.63) is 23.0 Å². The molecule has 8 heteroatoms. The fourth-order valence-corrected chi connectivity index (χ4v) is 3.77. The number of carbonyl (C=O) groups is 1. The number of anilines is 1. The van der Waals surface area contributed by atoms with Gasteiger partial charge in [-0.25, -0.2) is 4.98 Å². The van der Waals surface area contributed by atoms with E-state index in [9.17, 15) is 9.90 Å². The molecule has 0 amide bonds. The second-order valence-corrected chi connectivity index (χ2v) is 10.0. The second kappa shape index (κ2) is 14.1. The second-order valence-electron chi connectivity index (χ2n) is 9.65. The number of nitrogens with zero attached hydrogens (tertiary/aromatic N) is 3. The lowest BCUT2D eigenvalue weighted by Gasteiger charge is -2.39. The molecule has 2 heterocycles. The van der Waals surface area contributed by atoms with E-state index in [4.69, 9.17) is 21.1 Å². The lowest BCUT2D eigenvalue weighted by molar-refractivity contribution is -0.155. The highest BCUT2D eigenvalue weighted by atomic mass is 35.5. The zero-order valence-corrected chi connectivity index (χ0v) is 22.4. The lowest BCUT2D eigenvalue weighted by Crippen LogP contribution is -2.47. The number of pyridine rings is 1. The SMILES string of the molecule is CC.CN(C)Cc1nc(Cl)ccc1N1CCC(O)(COCCCCC(=O)OC(C)(C)C)CC1. The van der Waals surface area contributed by atoms with E-state index in [0.29, 0.717) is 44.2 Å². The van der Waals surface area contributed by atoms with E-state index in [1.54, 1.807) is 0 Å². The van der Waals surface area contributed by atoms with E-state index in [1.807, 2.05) is 60.8 Å². The van der Waals surface area contributed by atoms with Gasteiger partial charge in [-0.2, -0.15) is 0 Å². The van der Waals surface area contributed by atoms with Gasteiger partial charge in [-0.3, -0.25) is 4.79 Å². The number of rotatable bonds is 10. The molecule has 1 aromatic rings. The lowest BCUT2D eigenvalue weighted by atomic mass is 9.92. The van der Waals surface area contributed by atoms with Gasteiger partial charge in [0.2, 0.25) is 0 Å². The average molecular weight is 486 g/mol. The Morgan fingerprint density at radius 3 is 2.42 bits per heavy atom. The molecule has 7 nitrogen and oxygen atoms in total. The average Bonchev–Trinajstić information content (AvgIpc) is 2.71.